The van der Waals surface area contributed by atoms with E-state index < -0.39 is 6.04 Å². The van der Waals surface area contributed by atoms with E-state index in [4.69, 9.17) is 34.8 Å². The highest BCUT2D eigenvalue weighted by molar-refractivity contribution is 6.35. The van der Waals surface area contributed by atoms with Crippen molar-refractivity contribution in [3.63, 3.8) is 0 Å². The molecule has 150 valence electrons. The molecule has 0 fully saturated rings. The molecule has 0 aliphatic rings. The average Bonchev–Trinajstić information content (AvgIpc) is 2.65. The maximum absolute atomic E-state index is 13.1. The van der Waals surface area contributed by atoms with Gasteiger partial charge >= 0.3 is 0 Å². The molecule has 0 aliphatic carbocycles. The van der Waals surface area contributed by atoms with Crippen LogP contribution in [-0.4, -0.2) is 29.3 Å². The molecule has 1 atom stereocenters. The number of nitrogens with zero attached hydrogens (tertiary/aromatic N) is 1. The zero-order chi connectivity index (χ0) is 20.7. The van der Waals surface area contributed by atoms with Crippen LogP contribution < -0.4 is 5.32 Å². The molecule has 1 N–H and O–H groups in total. The van der Waals surface area contributed by atoms with Gasteiger partial charge in [0.1, 0.15) is 6.04 Å². The fourth-order valence-corrected chi connectivity index (χ4v) is 3.43. The van der Waals surface area contributed by atoms with Crippen LogP contribution in [0.3, 0.4) is 0 Å². The van der Waals surface area contributed by atoms with Crippen LogP contribution >= 0.6 is 34.8 Å². The van der Waals surface area contributed by atoms with E-state index in [9.17, 15) is 9.59 Å². The summed E-state index contributed by atoms with van der Waals surface area (Å²) in [5.74, 6) is -0.400. The van der Waals surface area contributed by atoms with E-state index in [2.05, 4.69) is 5.32 Å². The van der Waals surface area contributed by atoms with E-state index >= 15 is 0 Å². The molecule has 4 nitrogen and oxygen atoms in total. The van der Waals surface area contributed by atoms with Crippen molar-refractivity contribution in [1.29, 1.82) is 0 Å². The van der Waals surface area contributed by atoms with E-state index in [0.29, 0.717) is 27.2 Å². The number of rotatable bonds is 8. The second kappa shape index (κ2) is 10.7. The SMILES string of the molecule is CCCNC(=O)[C@H](C)N(Cc1cccc(Cl)c1)C(=O)Cc1ccc(Cl)cc1Cl. The minimum Gasteiger partial charge on any atom is -0.354 e. The first-order valence-electron chi connectivity index (χ1n) is 9.07. The fourth-order valence-electron chi connectivity index (χ4n) is 2.74. The average molecular weight is 442 g/mol. The lowest BCUT2D eigenvalue weighted by atomic mass is 10.1. The summed E-state index contributed by atoms with van der Waals surface area (Å²) >= 11 is 18.2. The quantitative estimate of drug-likeness (QED) is 0.617. The van der Waals surface area contributed by atoms with Crippen LogP contribution in [0, 0.1) is 0 Å². The molecular weight excluding hydrogens is 419 g/mol. The van der Waals surface area contributed by atoms with E-state index in [1.165, 1.54) is 0 Å². The number of amides is 2. The van der Waals surface area contributed by atoms with Gasteiger partial charge in [0.05, 0.1) is 6.42 Å². The number of halogens is 3. The molecule has 0 radical (unpaired) electrons. The van der Waals surface area contributed by atoms with Gasteiger partial charge in [-0.05, 0) is 48.7 Å². The summed E-state index contributed by atoms with van der Waals surface area (Å²) in [5, 5.41) is 4.35. The molecule has 0 bridgehead atoms. The summed E-state index contributed by atoms with van der Waals surface area (Å²) in [4.78, 5) is 27.1. The molecule has 2 rings (SSSR count). The van der Waals surface area contributed by atoms with Gasteiger partial charge in [-0.15, -0.1) is 0 Å². The van der Waals surface area contributed by atoms with Crippen LogP contribution in [0.15, 0.2) is 42.5 Å². The van der Waals surface area contributed by atoms with Gasteiger partial charge in [-0.1, -0.05) is 59.9 Å². The molecule has 7 heteroatoms. The first-order chi connectivity index (χ1) is 13.3. The van der Waals surface area contributed by atoms with Crippen LogP contribution in [0.25, 0.3) is 0 Å². The predicted molar refractivity (Wildman–Crippen MR) is 115 cm³/mol. The summed E-state index contributed by atoms with van der Waals surface area (Å²) in [6.45, 7) is 4.52. The maximum atomic E-state index is 13.1. The standard InChI is InChI=1S/C21H23Cl3N2O2/c1-3-9-25-21(28)14(2)26(13-15-5-4-6-17(22)10-15)20(27)11-16-7-8-18(23)12-19(16)24/h4-8,10,12,14H,3,9,11,13H2,1-2H3,(H,25,28)/t14-/m0/s1. The van der Waals surface area contributed by atoms with Crippen molar-refractivity contribution in [2.45, 2.75) is 39.3 Å². The van der Waals surface area contributed by atoms with Crippen molar-refractivity contribution in [3.8, 4) is 0 Å². The summed E-state index contributed by atoms with van der Waals surface area (Å²) in [6, 6.07) is 11.6. The minimum atomic E-state index is -0.635. The monoisotopic (exact) mass is 440 g/mol. The van der Waals surface area contributed by atoms with Crippen molar-refractivity contribution in [2.75, 3.05) is 6.54 Å². The number of carbonyl (C=O) groups excluding carboxylic acids is 2. The Balaban J connectivity index is 2.25. The highest BCUT2D eigenvalue weighted by Gasteiger charge is 2.26. The largest absolute Gasteiger partial charge is 0.354 e. The number of hydrogen-bond acceptors (Lipinski definition) is 2. The summed E-state index contributed by atoms with van der Waals surface area (Å²) in [7, 11) is 0. The smallest absolute Gasteiger partial charge is 0.242 e. The van der Waals surface area contributed by atoms with Gasteiger partial charge in [-0.2, -0.15) is 0 Å². The van der Waals surface area contributed by atoms with Crippen molar-refractivity contribution in [2.24, 2.45) is 0 Å². The van der Waals surface area contributed by atoms with Crippen LogP contribution in [0.4, 0.5) is 0 Å². The molecule has 2 amide bonds. The van der Waals surface area contributed by atoms with Crippen molar-refractivity contribution in [1.82, 2.24) is 10.2 Å². The lowest BCUT2D eigenvalue weighted by molar-refractivity contribution is -0.140. The normalized spacial score (nSPS) is 11.8. The Labute approximate surface area is 180 Å². The van der Waals surface area contributed by atoms with Crippen molar-refractivity contribution in [3.05, 3.63) is 68.7 Å². The molecule has 28 heavy (non-hydrogen) atoms. The molecule has 0 heterocycles. The van der Waals surface area contributed by atoms with Crippen molar-refractivity contribution < 1.29 is 9.59 Å². The number of benzene rings is 2. The lowest BCUT2D eigenvalue weighted by Crippen LogP contribution is -2.48. The zero-order valence-electron chi connectivity index (χ0n) is 15.8. The Morgan fingerprint density at radius 1 is 1.07 bits per heavy atom. The van der Waals surface area contributed by atoms with Crippen LogP contribution in [0.1, 0.15) is 31.4 Å². The van der Waals surface area contributed by atoms with Gasteiger partial charge in [0.2, 0.25) is 11.8 Å². The van der Waals surface area contributed by atoms with E-state index in [0.717, 1.165) is 12.0 Å². The Hall–Kier alpha value is -1.75. The zero-order valence-corrected chi connectivity index (χ0v) is 18.1. The predicted octanol–water partition coefficient (Wildman–Crippen LogP) is 5.13. The molecule has 0 unspecified atom stereocenters. The topological polar surface area (TPSA) is 49.4 Å². The van der Waals surface area contributed by atoms with Gasteiger partial charge in [-0.25, -0.2) is 0 Å². The summed E-state index contributed by atoms with van der Waals surface area (Å²) in [5.41, 5.74) is 1.51. The Bertz CT molecular complexity index is 842. The molecule has 0 aliphatic heterocycles. The van der Waals surface area contributed by atoms with E-state index in [1.807, 2.05) is 19.1 Å². The van der Waals surface area contributed by atoms with Crippen LogP contribution in [-0.2, 0) is 22.6 Å². The summed E-state index contributed by atoms with van der Waals surface area (Å²) in [6.07, 6.45) is 0.892. The van der Waals surface area contributed by atoms with E-state index in [1.54, 1.807) is 42.2 Å². The summed E-state index contributed by atoms with van der Waals surface area (Å²) < 4.78 is 0. The second-order valence-corrected chi connectivity index (χ2v) is 7.81. The molecule has 0 spiro atoms. The third-order valence-corrected chi connectivity index (χ3v) is 5.14. The van der Waals surface area contributed by atoms with E-state index in [-0.39, 0.29) is 24.8 Å². The Morgan fingerprint density at radius 3 is 2.43 bits per heavy atom. The van der Waals surface area contributed by atoms with Gasteiger partial charge in [-0.3, -0.25) is 9.59 Å². The van der Waals surface area contributed by atoms with Crippen molar-refractivity contribution >= 4 is 46.6 Å². The molecule has 2 aromatic carbocycles. The Kier molecular flexibility index (Phi) is 8.61. The van der Waals surface area contributed by atoms with Gasteiger partial charge in [0.25, 0.3) is 0 Å². The van der Waals surface area contributed by atoms with Crippen LogP contribution in [0.5, 0.6) is 0 Å². The van der Waals surface area contributed by atoms with Gasteiger partial charge in [0.15, 0.2) is 0 Å². The maximum Gasteiger partial charge on any atom is 0.242 e. The van der Waals surface area contributed by atoms with Gasteiger partial charge < -0.3 is 10.2 Å². The molecular formula is C21H23Cl3N2O2. The molecule has 0 aromatic heterocycles. The highest BCUT2D eigenvalue weighted by atomic mass is 35.5. The first-order valence-corrected chi connectivity index (χ1v) is 10.2. The minimum absolute atomic E-state index is 0.0714. The van der Waals surface area contributed by atoms with Gasteiger partial charge in [0, 0.05) is 28.2 Å². The number of hydrogen-bond donors (Lipinski definition) is 1. The third kappa shape index (κ3) is 6.40. The number of nitrogens with one attached hydrogen (secondary N) is 1. The molecule has 0 saturated heterocycles. The third-order valence-electron chi connectivity index (χ3n) is 4.32. The highest BCUT2D eigenvalue weighted by Crippen LogP contribution is 2.23. The fraction of sp³-hybridized carbons (Fsp3) is 0.333. The second-order valence-electron chi connectivity index (χ2n) is 6.53. The number of carbonyl (C=O) groups is 2. The lowest BCUT2D eigenvalue weighted by Gasteiger charge is -2.29. The Morgan fingerprint density at radius 2 is 1.79 bits per heavy atom. The molecule has 0 saturated carbocycles. The first kappa shape index (κ1) is 22.5. The molecule has 2 aromatic rings. The van der Waals surface area contributed by atoms with Crippen LogP contribution in [0.2, 0.25) is 15.1 Å².